The van der Waals surface area contributed by atoms with Gasteiger partial charge >= 0.3 is 23.9 Å². The van der Waals surface area contributed by atoms with Crippen molar-refractivity contribution in [2.24, 2.45) is 0 Å². The first-order valence-electron chi connectivity index (χ1n) is 10.7. The van der Waals surface area contributed by atoms with Crippen LogP contribution in [0.3, 0.4) is 0 Å². The van der Waals surface area contributed by atoms with Gasteiger partial charge in [0.05, 0.1) is 22.3 Å². The number of fused-ring (bicyclic) bond motifs is 1. The molecule has 0 aliphatic heterocycles. The fraction of sp³-hybridized carbons (Fsp3) is 0.0714. The first kappa shape index (κ1) is 32.9. The Morgan fingerprint density at radius 3 is 0.658 bits per heavy atom. The summed E-state index contributed by atoms with van der Waals surface area (Å²) in [6.45, 7) is 0. The Bertz CT molecular complexity index is 1100. The maximum absolute atomic E-state index is 10.3. The number of carboxylic acid groups (broad SMARTS) is 4. The second kappa shape index (κ2) is 18.2. The Labute approximate surface area is 218 Å². The first-order valence-corrected chi connectivity index (χ1v) is 10.7. The predicted octanol–water partition coefficient (Wildman–Crippen LogP) is 4.22. The van der Waals surface area contributed by atoms with Gasteiger partial charge in [0.25, 0.3) is 0 Å². The molecule has 0 amide bonds. The molecule has 38 heavy (non-hydrogen) atoms. The van der Waals surface area contributed by atoms with Crippen molar-refractivity contribution in [3.63, 3.8) is 0 Å². The molecule has 10 nitrogen and oxygen atoms in total. The zero-order valence-electron chi connectivity index (χ0n) is 20.6. The van der Waals surface area contributed by atoms with E-state index in [1.165, 1.54) is 59.3 Å². The van der Waals surface area contributed by atoms with Crippen LogP contribution in [0.5, 0.6) is 0 Å². The quantitative estimate of drug-likeness (QED) is 0.225. The van der Waals surface area contributed by atoms with Crippen LogP contribution in [0.1, 0.15) is 41.4 Å². The van der Waals surface area contributed by atoms with Crippen LogP contribution in [0.4, 0.5) is 0 Å². The fourth-order valence-corrected chi connectivity index (χ4v) is 2.64. The van der Waals surface area contributed by atoms with E-state index in [-0.39, 0.29) is 22.3 Å². The van der Waals surface area contributed by atoms with Gasteiger partial charge < -0.3 is 30.6 Å². The topological polar surface area (TPSA) is 190 Å². The molecule has 0 aliphatic rings. The van der Waals surface area contributed by atoms with E-state index in [4.69, 9.17) is 30.6 Å². The van der Waals surface area contributed by atoms with Crippen molar-refractivity contribution in [3.05, 3.63) is 119 Å². The van der Waals surface area contributed by atoms with E-state index >= 15 is 0 Å². The molecule has 0 unspecified atom stereocenters. The van der Waals surface area contributed by atoms with Crippen molar-refractivity contribution in [1.82, 2.24) is 0 Å². The van der Waals surface area contributed by atoms with Crippen LogP contribution in [-0.2, 0) is 0 Å². The summed E-state index contributed by atoms with van der Waals surface area (Å²) in [5.74, 6) is -4.25. The van der Waals surface area contributed by atoms with Crippen LogP contribution in [0.2, 0.25) is 0 Å². The molecule has 0 heterocycles. The lowest BCUT2D eigenvalue weighted by molar-refractivity contribution is 0.0681. The summed E-state index contributed by atoms with van der Waals surface area (Å²) in [6, 6.07) is 26.8. The predicted molar refractivity (Wildman–Crippen MR) is 141 cm³/mol. The third-order valence-electron chi connectivity index (χ3n) is 4.42. The number of hydrogen-bond acceptors (Lipinski definition) is 6. The minimum Gasteiger partial charge on any atom is -0.478 e. The molecule has 4 aromatic rings. The van der Waals surface area contributed by atoms with Gasteiger partial charge in [-0.1, -0.05) is 48.5 Å². The van der Waals surface area contributed by atoms with E-state index in [9.17, 15) is 19.2 Å². The number of rotatable bonds is 4. The average Bonchev–Trinajstić information content (AvgIpc) is 2.96. The number of aliphatic hydroxyl groups excluding tert-OH is 2. The van der Waals surface area contributed by atoms with Gasteiger partial charge in [-0.15, -0.1) is 0 Å². The van der Waals surface area contributed by atoms with E-state index in [2.05, 4.69) is 48.5 Å². The summed E-state index contributed by atoms with van der Waals surface area (Å²) >= 11 is 0. The van der Waals surface area contributed by atoms with Crippen molar-refractivity contribution in [3.8, 4) is 0 Å². The number of aromatic carboxylic acids is 4. The summed E-state index contributed by atoms with van der Waals surface area (Å²) in [5.41, 5.74) is 0.333. The molecule has 0 bridgehead atoms. The van der Waals surface area contributed by atoms with Gasteiger partial charge in [-0.05, 0) is 59.3 Å². The van der Waals surface area contributed by atoms with E-state index in [0.717, 1.165) is 14.2 Å². The summed E-state index contributed by atoms with van der Waals surface area (Å²) in [5, 5.41) is 50.5. The van der Waals surface area contributed by atoms with Crippen LogP contribution in [0.15, 0.2) is 97.1 Å². The average molecular weight is 525 g/mol. The van der Waals surface area contributed by atoms with E-state index < -0.39 is 23.9 Å². The van der Waals surface area contributed by atoms with Gasteiger partial charge in [0.2, 0.25) is 0 Å². The van der Waals surface area contributed by atoms with Crippen LogP contribution in [0.25, 0.3) is 10.8 Å². The maximum atomic E-state index is 10.3. The molecular weight excluding hydrogens is 496 g/mol. The van der Waals surface area contributed by atoms with Crippen LogP contribution < -0.4 is 0 Å². The Morgan fingerprint density at radius 1 is 0.368 bits per heavy atom. The number of aliphatic hydroxyl groups is 2. The van der Waals surface area contributed by atoms with Crippen molar-refractivity contribution in [2.45, 2.75) is 0 Å². The molecule has 4 aromatic carbocycles. The van der Waals surface area contributed by atoms with Gasteiger partial charge in [0.1, 0.15) is 0 Å². The highest BCUT2D eigenvalue weighted by molar-refractivity contribution is 5.92. The van der Waals surface area contributed by atoms with Gasteiger partial charge in [0.15, 0.2) is 0 Å². The number of carbonyl (C=O) groups is 4. The summed E-state index contributed by atoms with van der Waals surface area (Å²) in [4.78, 5) is 41.3. The Balaban J connectivity index is 0.000000507. The highest BCUT2D eigenvalue weighted by Crippen LogP contribution is 2.11. The molecular formula is C28H28O10. The second-order valence-corrected chi connectivity index (χ2v) is 6.72. The second-order valence-electron chi connectivity index (χ2n) is 6.72. The summed E-state index contributed by atoms with van der Waals surface area (Å²) in [7, 11) is 2.00. The number of hydrogen-bond donors (Lipinski definition) is 6. The summed E-state index contributed by atoms with van der Waals surface area (Å²) in [6.07, 6.45) is 0. The van der Waals surface area contributed by atoms with Crippen LogP contribution in [-0.4, -0.2) is 68.7 Å². The number of carboxylic acids is 4. The summed E-state index contributed by atoms with van der Waals surface area (Å²) < 4.78 is 0. The van der Waals surface area contributed by atoms with Crippen molar-refractivity contribution < 1.29 is 49.8 Å². The molecule has 4 rings (SSSR count). The third kappa shape index (κ3) is 11.6. The van der Waals surface area contributed by atoms with Crippen molar-refractivity contribution >= 4 is 34.6 Å². The SMILES string of the molecule is CO.CO.O=C(O)c1ccc(C(=O)O)cc1.O=C(O)c1ccc(C(=O)O)cc1.c1ccc2ccccc2c1. The molecule has 0 fully saturated rings. The highest BCUT2D eigenvalue weighted by atomic mass is 16.4. The van der Waals surface area contributed by atoms with Gasteiger partial charge in [-0.2, -0.15) is 0 Å². The van der Waals surface area contributed by atoms with Gasteiger partial charge in [-0.25, -0.2) is 19.2 Å². The van der Waals surface area contributed by atoms with E-state index in [1.807, 2.05) is 0 Å². The van der Waals surface area contributed by atoms with Crippen molar-refractivity contribution in [1.29, 1.82) is 0 Å². The lowest BCUT2D eigenvalue weighted by Crippen LogP contribution is -1.99. The van der Waals surface area contributed by atoms with E-state index in [0.29, 0.717) is 0 Å². The minimum absolute atomic E-state index is 0.0833. The van der Waals surface area contributed by atoms with Crippen LogP contribution in [0, 0.1) is 0 Å². The third-order valence-corrected chi connectivity index (χ3v) is 4.42. The monoisotopic (exact) mass is 524 g/mol. The molecule has 0 aliphatic carbocycles. The molecule has 0 saturated carbocycles. The highest BCUT2D eigenvalue weighted by Gasteiger charge is 2.05. The molecule has 0 atom stereocenters. The Kier molecular flexibility index (Phi) is 15.8. The van der Waals surface area contributed by atoms with Gasteiger partial charge in [0, 0.05) is 14.2 Å². The zero-order valence-corrected chi connectivity index (χ0v) is 20.6. The largest absolute Gasteiger partial charge is 0.478 e. The smallest absolute Gasteiger partial charge is 0.335 e. The Hall–Kier alpha value is -5.06. The zero-order chi connectivity index (χ0) is 29.1. The first-order chi connectivity index (χ1) is 18.2. The van der Waals surface area contributed by atoms with E-state index in [1.54, 1.807) is 0 Å². The maximum Gasteiger partial charge on any atom is 0.335 e. The molecule has 0 saturated heterocycles. The van der Waals surface area contributed by atoms with Gasteiger partial charge in [-0.3, -0.25) is 0 Å². The van der Waals surface area contributed by atoms with Crippen molar-refractivity contribution in [2.75, 3.05) is 14.2 Å². The Morgan fingerprint density at radius 2 is 0.526 bits per heavy atom. The molecule has 0 spiro atoms. The standard InChI is InChI=1S/C10H8.2C8H6O4.2CH4O/c1-2-6-10-8-4-3-7-9(10)5-1;2*9-7(10)5-1-2-6(4-3-5)8(11)12;2*1-2/h1-8H;2*1-4H,(H,9,10)(H,11,12);2*2H,1H3. The lowest BCUT2D eigenvalue weighted by Gasteiger charge is -1.94. The molecule has 200 valence electrons. The van der Waals surface area contributed by atoms with Crippen LogP contribution >= 0.6 is 0 Å². The lowest BCUT2D eigenvalue weighted by atomic mass is 10.1. The normalized spacial score (nSPS) is 8.84. The minimum atomic E-state index is -1.06. The molecule has 0 radical (unpaired) electrons. The molecule has 10 heteroatoms. The molecule has 0 aromatic heterocycles. The number of benzene rings is 4. The fourth-order valence-electron chi connectivity index (χ4n) is 2.64. The molecule has 6 N–H and O–H groups in total.